The van der Waals surface area contributed by atoms with Crippen molar-refractivity contribution in [3.8, 4) is 0 Å². The summed E-state index contributed by atoms with van der Waals surface area (Å²) >= 11 is 0. The molecule has 0 spiro atoms. The minimum Gasteiger partial charge on any atom is -0.316 e. The third kappa shape index (κ3) is 1.72. The Morgan fingerprint density at radius 2 is 2.10 bits per heavy atom. The Labute approximate surface area is 64.2 Å². The second kappa shape index (κ2) is 3.38. The first-order chi connectivity index (χ1) is 4.79. The van der Waals surface area contributed by atoms with E-state index in [0.717, 1.165) is 17.9 Å². The summed E-state index contributed by atoms with van der Waals surface area (Å²) in [5, 5.41) is 3.41. The lowest BCUT2D eigenvalue weighted by Crippen LogP contribution is -2.33. The predicted octanol–water partition coefficient (Wildman–Crippen LogP) is 2.03. The highest BCUT2D eigenvalue weighted by Crippen LogP contribution is 2.36. The monoisotopic (exact) mass is 141 g/mol. The van der Waals surface area contributed by atoms with Crippen molar-refractivity contribution in [1.82, 2.24) is 5.32 Å². The Hall–Kier alpha value is -0.0400. The fourth-order valence-corrected chi connectivity index (χ4v) is 1.69. The van der Waals surface area contributed by atoms with Gasteiger partial charge in [-0.15, -0.1) is 0 Å². The summed E-state index contributed by atoms with van der Waals surface area (Å²) in [6.07, 6.45) is 4.22. The van der Waals surface area contributed by atoms with Crippen molar-refractivity contribution in [1.29, 1.82) is 0 Å². The lowest BCUT2D eigenvalue weighted by atomic mass is 9.95. The summed E-state index contributed by atoms with van der Waals surface area (Å²) in [7, 11) is 2.09. The average Bonchev–Trinajstić information content (AvgIpc) is 2.73. The zero-order chi connectivity index (χ0) is 7.56. The molecule has 60 valence electrons. The van der Waals surface area contributed by atoms with E-state index in [4.69, 9.17) is 0 Å². The van der Waals surface area contributed by atoms with Crippen LogP contribution >= 0.6 is 0 Å². The quantitative estimate of drug-likeness (QED) is 0.631. The van der Waals surface area contributed by atoms with Gasteiger partial charge in [0.25, 0.3) is 0 Å². The molecular weight excluding hydrogens is 122 g/mol. The second-order valence-corrected chi connectivity index (χ2v) is 3.54. The maximum absolute atomic E-state index is 3.41. The van der Waals surface area contributed by atoms with Gasteiger partial charge in [0, 0.05) is 6.04 Å². The third-order valence-electron chi connectivity index (χ3n) is 2.72. The molecule has 0 radical (unpaired) electrons. The van der Waals surface area contributed by atoms with Gasteiger partial charge in [-0.25, -0.2) is 0 Å². The van der Waals surface area contributed by atoms with Crippen molar-refractivity contribution in [2.24, 2.45) is 11.8 Å². The number of nitrogens with one attached hydrogen (secondary N) is 1. The normalized spacial score (nSPS) is 24.3. The Morgan fingerprint density at radius 1 is 1.50 bits per heavy atom. The highest BCUT2D eigenvalue weighted by Gasteiger charge is 2.32. The van der Waals surface area contributed by atoms with Crippen LogP contribution in [0.15, 0.2) is 0 Å². The van der Waals surface area contributed by atoms with E-state index in [1.165, 1.54) is 19.3 Å². The minimum absolute atomic E-state index is 0.796. The summed E-state index contributed by atoms with van der Waals surface area (Å²) in [4.78, 5) is 0. The van der Waals surface area contributed by atoms with Crippen molar-refractivity contribution >= 4 is 0 Å². The van der Waals surface area contributed by atoms with Crippen molar-refractivity contribution in [3.05, 3.63) is 0 Å². The number of hydrogen-bond acceptors (Lipinski definition) is 1. The highest BCUT2D eigenvalue weighted by atomic mass is 14.9. The van der Waals surface area contributed by atoms with E-state index in [2.05, 4.69) is 26.2 Å². The molecule has 0 aliphatic heterocycles. The lowest BCUT2D eigenvalue weighted by Gasteiger charge is -2.21. The summed E-state index contributed by atoms with van der Waals surface area (Å²) < 4.78 is 0. The Balaban J connectivity index is 2.30. The highest BCUT2D eigenvalue weighted by molar-refractivity contribution is 4.88. The van der Waals surface area contributed by atoms with Crippen LogP contribution in [0.3, 0.4) is 0 Å². The molecule has 0 aromatic heterocycles. The van der Waals surface area contributed by atoms with Crippen molar-refractivity contribution in [2.45, 2.75) is 39.2 Å². The summed E-state index contributed by atoms with van der Waals surface area (Å²) in [6.45, 7) is 4.62. The summed E-state index contributed by atoms with van der Waals surface area (Å²) in [6, 6.07) is 0.796. The standard InChI is InChI=1S/C9H19N/c1-4-7(2)9(10-3)8-5-6-8/h7-10H,4-6H2,1-3H3. The molecule has 2 unspecified atom stereocenters. The number of hydrogen-bond donors (Lipinski definition) is 1. The maximum atomic E-state index is 3.41. The molecule has 0 saturated heterocycles. The van der Waals surface area contributed by atoms with Crippen LogP contribution < -0.4 is 5.32 Å². The van der Waals surface area contributed by atoms with Crippen LogP contribution in [0, 0.1) is 11.8 Å². The van der Waals surface area contributed by atoms with E-state index in [1.807, 2.05) is 0 Å². The van der Waals surface area contributed by atoms with E-state index >= 15 is 0 Å². The first-order valence-corrected chi connectivity index (χ1v) is 4.46. The molecule has 1 saturated carbocycles. The van der Waals surface area contributed by atoms with Crippen LogP contribution in [0.1, 0.15) is 33.1 Å². The molecule has 1 aliphatic carbocycles. The third-order valence-corrected chi connectivity index (χ3v) is 2.72. The molecular formula is C9H19N. The lowest BCUT2D eigenvalue weighted by molar-refractivity contribution is 0.353. The van der Waals surface area contributed by atoms with Crippen molar-refractivity contribution in [3.63, 3.8) is 0 Å². The van der Waals surface area contributed by atoms with E-state index < -0.39 is 0 Å². The molecule has 0 amide bonds. The van der Waals surface area contributed by atoms with E-state index in [-0.39, 0.29) is 0 Å². The Bertz CT molecular complexity index is 96.9. The smallest absolute Gasteiger partial charge is 0.0118 e. The number of rotatable bonds is 4. The fourth-order valence-electron chi connectivity index (χ4n) is 1.69. The van der Waals surface area contributed by atoms with Crippen molar-refractivity contribution < 1.29 is 0 Å². The van der Waals surface area contributed by atoms with Crippen LogP contribution in [0.4, 0.5) is 0 Å². The average molecular weight is 141 g/mol. The Morgan fingerprint density at radius 3 is 2.40 bits per heavy atom. The van der Waals surface area contributed by atoms with E-state index in [0.29, 0.717) is 0 Å². The molecule has 1 heteroatoms. The molecule has 1 N–H and O–H groups in total. The van der Waals surface area contributed by atoms with Gasteiger partial charge in [-0.1, -0.05) is 20.3 Å². The van der Waals surface area contributed by atoms with Crippen LogP contribution in [0.5, 0.6) is 0 Å². The van der Waals surface area contributed by atoms with E-state index in [1.54, 1.807) is 0 Å². The summed E-state index contributed by atoms with van der Waals surface area (Å²) in [5.41, 5.74) is 0. The fraction of sp³-hybridized carbons (Fsp3) is 1.00. The Kier molecular flexibility index (Phi) is 2.72. The van der Waals surface area contributed by atoms with Crippen LogP contribution in [0.25, 0.3) is 0 Å². The molecule has 1 nitrogen and oxygen atoms in total. The first-order valence-electron chi connectivity index (χ1n) is 4.46. The summed E-state index contributed by atoms with van der Waals surface area (Å²) in [5.74, 6) is 1.86. The molecule has 2 atom stereocenters. The molecule has 0 bridgehead atoms. The van der Waals surface area contributed by atoms with Gasteiger partial charge in [0.15, 0.2) is 0 Å². The molecule has 1 aliphatic rings. The molecule has 0 aromatic carbocycles. The van der Waals surface area contributed by atoms with Gasteiger partial charge in [-0.05, 0) is 31.7 Å². The van der Waals surface area contributed by atoms with E-state index in [9.17, 15) is 0 Å². The van der Waals surface area contributed by atoms with Gasteiger partial charge in [-0.2, -0.15) is 0 Å². The second-order valence-electron chi connectivity index (χ2n) is 3.54. The van der Waals surface area contributed by atoms with Gasteiger partial charge in [0.05, 0.1) is 0 Å². The zero-order valence-corrected chi connectivity index (χ0v) is 7.35. The van der Waals surface area contributed by atoms with Crippen LogP contribution in [-0.2, 0) is 0 Å². The largest absolute Gasteiger partial charge is 0.316 e. The van der Waals surface area contributed by atoms with Crippen LogP contribution in [-0.4, -0.2) is 13.1 Å². The van der Waals surface area contributed by atoms with Gasteiger partial charge in [-0.3, -0.25) is 0 Å². The minimum atomic E-state index is 0.796. The SMILES string of the molecule is CCC(C)C(NC)C1CC1. The molecule has 10 heavy (non-hydrogen) atoms. The van der Waals surface area contributed by atoms with Crippen molar-refractivity contribution in [2.75, 3.05) is 7.05 Å². The zero-order valence-electron chi connectivity index (χ0n) is 7.35. The van der Waals surface area contributed by atoms with Gasteiger partial charge in [0.2, 0.25) is 0 Å². The first kappa shape index (κ1) is 8.06. The van der Waals surface area contributed by atoms with Gasteiger partial charge < -0.3 is 5.32 Å². The topological polar surface area (TPSA) is 12.0 Å². The van der Waals surface area contributed by atoms with Gasteiger partial charge in [0.1, 0.15) is 0 Å². The van der Waals surface area contributed by atoms with Gasteiger partial charge >= 0.3 is 0 Å². The predicted molar refractivity (Wildman–Crippen MR) is 45.0 cm³/mol. The molecule has 1 fully saturated rings. The maximum Gasteiger partial charge on any atom is 0.0118 e. The molecule has 0 heterocycles. The molecule has 0 aromatic rings. The van der Waals surface area contributed by atoms with Crippen LogP contribution in [0.2, 0.25) is 0 Å². The molecule has 1 rings (SSSR count).